The number of benzene rings is 2. The van der Waals surface area contributed by atoms with Crippen LogP contribution in [0.5, 0.6) is 0 Å². The van der Waals surface area contributed by atoms with E-state index in [-0.39, 0.29) is 87.2 Å². The molecule has 0 radical (unpaired) electrons. The van der Waals surface area contributed by atoms with Gasteiger partial charge in [0.05, 0.1) is 74.4 Å². The maximum atomic E-state index is 15.0. The molecule has 452 valence electrons. The highest BCUT2D eigenvalue weighted by molar-refractivity contribution is 6.17. The van der Waals surface area contributed by atoms with E-state index in [2.05, 4.69) is 37.2 Å². The molecule has 4 aliphatic rings. The Morgan fingerprint density at radius 2 is 1.56 bits per heavy atom. The summed E-state index contributed by atoms with van der Waals surface area (Å²) in [7, 11) is 0. The number of cyclic esters (lactones) is 1. The molecule has 1 fully saturated rings. The first-order valence-corrected chi connectivity index (χ1v) is 27.0. The van der Waals surface area contributed by atoms with Crippen LogP contribution < -0.4 is 54.2 Å². The fourth-order valence-corrected chi connectivity index (χ4v) is 10.3. The predicted molar refractivity (Wildman–Crippen MR) is 291 cm³/mol. The third kappa shape index (κ3) is 14.7. The van der Waals surface area contributed by atoms with Crippen LogP contribution in [0.15, 0.2) is 58.9 Å². The number of aromatic nitrogens is 1. The van der Waals surface area contributed by atoms with Gasteiger partial charge >= 0.3 is 5.97 Å². The zero-order valence-electron chi connectivity index (χ0n) is 45.9. The van der Waals surface area contributed by atoms with Gasteiger partial charge in [0.25, 0.3) is 11.5 Å². The predicted octanol–water partition coefficient (Wildman–Crippen LogP) is -4.67. The number of pyridine rings is 1. The topological polar surface area (TPSA) is 444 Å². The Balaban J connectivity index is 0.879. The molecule has 1 aliphatic carbocycles. The molecule has 0 bridgehead atoms. The van der Waals surface area contributed by atoms with E-state index in [1.54, 1.807) is 44.2 Å². The van der Waals surface area contributed by atoms with Crippen molar-refractivity contribution in [1.82, 2.24) is 41.8 Å². The number of halogens is 1. The molecule has 3 aromatic rings. The summed E-state index contributed by atoms with van der Waals surface area (Å²) >= 11 is 0. The van der Waals surface area contributed by atoms with Crippen LogP contribution in [0.4, 0.5) is 4.39 Å². The Morgan fingerprint density at radius 1 is 0.881 bits per heavy atom. The smallest absolute Gasteiger partial charge is 0.343 e. The average molecular weight is 1170 g/mol. The second-order valence-electron chi connectivity index (χ2n) is 20.6. The molecular weight excluding hydrogens is 1110 g/mol. The molecular formula is C55H68FN11O17. The number of esters is 1. The fourth-order valence-electron chi connectivity index (χ4n) is 10.3. The minimum absolute atomic E-state index is 0.0303. The van der Waals surface area contributed by atoms with Crippen molar-refractivity contribution in [2.45, 2.75) is 126 Å². The van der Waals surface area contributed by atoms with Gasteiger partial charge in [0.15, 0.2) is 11.7 Å². The van der Waals surface area contributed by atoms with Crippen LogP contribution in [0.3, 0.4) is 0 Å². The summed E-state index contributed by atoms with van der Waals surface area (Å²) in [6, 6.07) is 9.30. The highest BCUT2D eigenvalue weighted by Gasteiger charge is 2.47. The van der Waals surface area contributed by atoms with Crippen LogP contribution in [-0.2, 0) is 89.0 Å². The molecule has 4 heterocycles. The second-order valence-corrected chi connectivity index (χ2v) is 20.6. The molecule has 8 amide bonds. The number of amides is 8. The lowest BCUT2D eigenvalue weighted by molar-refractivity contribution is -0.172. The standard InChI is InChI=1S/C55H68FN11O17/c1-3-55(81)32-16-37-47(59)30(22-67(37)53(79)31(32)24-82-54(55)80)46-29-9-11-33(56)26(2)28(29)10-13-35(46)66-52(78)40(23-68)83-25-64-44(72)20-63-51(77)36(15-27-7-5-4-6-8-27)65-45(73)21-61-43(71)19-62-50(76)34(57)12-14-42(70)60-18-39-49(75)48(74)38(84-39)17-41(58)69/h4-9,11,16,34-36,38-40,48-49,59,68,74-75,81H,3,10,12-15,17-25,57H2,1-2H3,(H2,58,69)(H,60,70)(H,61,71)(H,62,76)(H,63,77)(H,64,72)(H,65,73)(H,66,78)/b46-30+,59-47?/t34-,35-,36-,38-,39+,40+,48-,49+,55-/m0/s1. The highest BCUT2D eigenvalue weighted by atomic mass is 19.1. The minimum Gasteiger partial charge on any atom is -0.458 e. The number of nitrogens with two attached hydrogens (primary N) is 2. The van der Waals surface area contributed by atoms with Crippen molar-refractivity contribution in [2.75, 3.05) is 39.5 Å². The number of rotatable bonds is 25. The van der Waals surface area contributed by atoms with Crippen molar-refractivity contribution in [3.8, 4) is 0 Å². The van der Waals surface area contributed by atoms with Crippen molar-refractivity contribution in [3.63, 3.8) is 0 Å². The van der Waals surface area contributed by atoms with E-state index < -0.39 is 152 Å². The number of carbonyl (C=O) groups excluding carboxylic acids is 9. The summed E-state index contributed by atoms with van der Waals surface area (Å²) in [5.41, 5.74) is 11.1. The highest BCUT2D eigenvalue weighted by Crippen LogP contribution is 2.41. The fraction of sp³-hybridized carbons (Fsp3) is 0.473. The summed E-state index contributed by atoms with van der Waals surface area (Å²) in [4.78, 5) is 129. The quantitative estimate of drug-likeness (QED) is 0.0280. The van der Waals surface area contributed by atoms with Gasteiger partial charge in [-0.2, -0.15) is 0 Å². The SMILES string of the molecule is CC[C@@]1(O)C(=O)OCc2c1cc1n(c2=O)C/C(=C2/c3ccc(F)c(C)c3CC[C@@H]2NC(=O)[C@@H](CO)OCNC(=O)CNC(=O)[C@H](Cc2ccccc2)NC(=O)CNC(=O)CNC(=O)[C@@H](N)CCC(=O)NC[C@H]2O[C@@H](CC(N)=O)[C@H](O)[C@@H]2O)C1=N. The van der Waals surface area contributed by atoms with Gasteiger partial charge < -0.3 is 87.9 Å². The average Bonchev–Trinajstić information content (AvgIpc) is 1.66. The van der Waals surface area contributed by atoms with Gasteiger partial charge in [0.2, 0.25) is 41.4 Å². The van der Waals surface area contributed by atoms with Gasteiger partial charge in [0, 0.05) is 30.5 Å². The van der Waals surface area contributed by atoms with Gasteiger partial charge in [0.1, 0.15) is 43.5 Å². The number of fused-ring (bicyclic) bond motifs is 3. The van der Waals surface area contributed by atoms with E-state index in [1.165, 1.54) is 22.8 Å². The second kappa shape index (κ2) is 27.8. The number of primary amides is 1. The number of nitrogens with one attached hydrogen (secondary N) is 8. The van der Waals surface area contributed by atoms with Gasteiger partial charge in [-0.1, -0.05) is 43.3 Å². The Kier molecular flexibility index (Phi) is 21.0. The molecule has 0 unspecified atom stereocenters. The van der Waals surface area contributed by atoms with Crippen LogP contribution in [0.1, 0.15) is 78.1 Å². The van der Waals surface area contributed by atoms with Gasteiger partial charge in [-0.25, -0.2) is 9.18 Å². The molecule has 7 rings (SSSR count). The Hall–Kier alpha value is -8.32. The first kappa shape index (κ1) is 63.3. The van der Waals surface area contributed by atoms with Crippen molar-refractivity contribution in [1.29, 1.82) is 5.41 Å². The van der Waals surface area contributed by atoms with Crippen molar-refractivity contribution < 1.29 is 82.2 Å². The monoisotopic (exact) mass is 1170 g/mol. The van der Waals surface area contributed by atoms with Crippen LogP contribution in [0.25, 0.3) is 5.57 Å². The third-order valence-electron chi connectivity index (χ3n) is 15.0. The number of carbonyl (C=O) groups is 9. The van der Waals surface area contributed by atoms with Crippen molar-refractivity contribution in [2.24, 2.45) is 11.5 Å². The number of ether oxygens (including phenoxy) is 3. The molecule has 9 atom stereocenters. The van der Waals surface area contributed by atoms with Crippen molar-refractivity contribution in [3.05, 3.63) is 109 Å². The van der Waals surface area contributed by atoms with E-state index in [4.69, 9.17) is 25.7 Å². The molecule has 1 saturated heterocycles. The normalized spacial score (nSPS) is 22.4. The number of aliphatic hydroxyl groups excluding tert-OH is 3. The van der Waals surface area contributed by atoms with Crippen LogP contribution in [-0.4, -0.2) is 172 Å². The van der Waals surface area contributed by atoms with E-state index >= 15 is 0 Å². The molecule has 1 aromatic heterocycles. The maximum Gasteiger partial charge on any atom is 0.343 e. The van der Waals surface area contributed by atoms with Crippen LogP contribution in [0.2, 0.25) is 0 Å². The first-order chi connectivity index (χ1) is 39.9. The lowest BCUT2D eigenvalue weighted by atomic mass is 9.78. The molecule has 28 nitrogen and oxygen atoms in total. The van der Waals surface area contributed by atoms with E-state index in [1.807, 2.05) is 0 Å². The van der Waals surface area contributed by atoms with E-state index in [0.717, 1.165) is 0 Å². The van der Waals surface area contributed by atoms with Crippen LogP contribution in [0, 0.1) is 18.2 Å². The zero-order valence-corrected chi connectivity index (χ0v) is 45.9. The summed E-state index contributed by atoms with van der Waals surface area (Å²) in [6.07, 6.45) is -6.85. The summed E-state index contributed by atoms with van der Waals surface area (Å²) in [5, 5.41) is 68.4. The number of nitrogens with zero attached hydrogens (tertiary/aromatic N) is 1. The summed E-state index contributed by atoms with van der Waals surface area (Å²) < 4.78 is 32.4. The number of allylic oxidation sites excluding steroid dienone is 1. The first-order valence-electron chi connectivity index (χ1n) is 27.0. The summed E-state index contributed by atoms with van der Waals surface area (Å²) in [6.45, 7) is -1.02. The molecule has 29 heteroatoms. The molecule has 3 aliphatic heterocycles. The van der Waals surface area contributed by atoms with Crippen LogP contribution >= 0.6 is 0 Å². The Morgan fingerprint density at radius 3 is 2.25 bits per heavy atom. The minimum atomic E-state index is -2.12. The Bertz CT molecular complexity index is 3180. The zero-order chi connectivity index (χ0) is 61.2. The van der Waals surface area contributed by atoms with E-state index in [0.29, 0.717) is 33.4 Å². The van der Waals surface area contributed by atoms with Crippen molar-refractivity contribution >= 4 is 64.5 Å². The number of aliphatic hydroxyl groups is 4. The molecule has 0 spiro atoms. The molecule has 16 N–H and O–H groups in total. The molecule has 0 saturated carbocycles. The molecule has 2 aromatic carbocycles. The number of hydrogen-bond donors (Lipinski definition) is 14. The van der Waals surface area contributed by atoms with Gasteiger partial charge in [-0.05, 0) is 72.6 Å². The van der Waals surface area contributed by atoms with Gasteiger partial charge in [-0.15, -0.1) is 0 Å². The Labute approximate surface area is 479 Å². The maximum absolute atomic E-state index is 15.0. The largest absolute Gasteiger partial charge is 0.458 e. The van der Waals surface area contributed by atoms with E-state index in [9.17, 15) is 78.2 Å². The lowest BCUT2D eigenvalue weighted by Gasteiger charge is -2.32. The summed E-state index contributed by atoms with van der Waals surface area (Å²) in [5.74, 6) is -7.60. The number of hydrogen-bond acceptors (Lipinski definition) is 19. The lowest BCUT2D eigenvalue weighted by Crippen LogP contribution is -2.52. The molecule has 84 heavy (non-hydrogen) atoms. The third-order valence-corrected chi connectivity index (χ3v) is 15.0. The van der Waals surface area contributed by atoms with Gasteiger partial charge in [-0.3, -0.25) is 48.6 Å².